The maximum absolute atomic E-state index is 6.05. The molecule has 0 aliphatic carbocycles. The van der Waals surface area contributed by atoms with Crippen molar-refractivity contribution in [3.8, 4) is 0 Å². The van der Waals surface area contributed by atoms with Crippen molar-refractivity contribution in [2.75, 3.05) is 11.9 Å². The smallest absolute Gasteiger partial charge is 0.0652 e. The summed E-state index contributed by atoms with van der Waals surface area (Å²) in [5.41, 5.74) is 0.933. The molecule has 0 saturated heterocycles. The number of benzene rings is 1. The predicted molar refractivity (Wildman–Crippen MR) is 73.0 cm³/mol. The van der Waals surface area contributed by atoms with Crippen LogP contribution < -0.4 is 5.32 Å². The second-order valence-electron chi connectivity index (χ2n) is 3.38. The highest BCUT2D eigenvalue weighted by Crippen LogP contribution is 2.25. The molecule has 16 heavy (non-hydrogen) atoms. The van der Waals surface area contributed by atoms with Crippen LogP contribution in [0.5, 0.6) is 0 Å². The summed E-state index contributed by atoms with van der Waals surface area (Å²) >= 11 is 13.6. The van der Waals surface area contributed by atoms with E-state index < -0.39 is 0 Å². The normalized spacial score (nSPS) is 10.4. The van der Waals surface area contributed by atoms with Crippen LogP contribution >= 0.6 is 34.5 Å². The molecule has 1 heterocycles. The molecule has 1 aromatic carbocycles. The van der Waals surface area contributed by atoms with Crippen LogP contribution in [-0.4, -0.2) is 6.54 Å². The van der Waals surface area contributed by atoms with Crippen molar-refractivity contribution < 1.29 is 0 Å². The Bertz CT molecular complexity index is 454. The van der Waals surface area contributed by atoms with Gasteiger partial charge in [0.05, 0.1) is 10.7 Å². The first-order chi connectivity index (χ1) is 7.75. The van der Waals surface area contributed by atoms with Crippen LogP contribution in [-0.2, 0) is 6.42 Å². The Morgan fingerprint density at radius 2 is 2.06 bits per heavy atom. The van der Waals surface area contributed by atoms with E-state index in [0.29, 0.717) is 10.0 Å². The van der Waals surface area contributed by atoms with Gasteiger partial charge in [0.25, 0.3) is 0 Å². The lowest BCUT2D eigenvalue weighted by atomic mass is 10.3. The second-order valence-corrected chi connectivity index (χ2v) is 5.26. The van der Waals surface area contributed by atoms with Gasteiger partial charge < -0.3 is 5.32 Å². The van der Waals surface area contributed by atoms with Crippen LogP contribution in [0.1, 0.15) is 4.88 Å². The van der Waals surface area contributed by atoms with E-state index in [-0.39, 0.29) is 0 Å². The second kappa shape index (κ2) is 5.58. The van der Waals surface area contributed by atoms with Crippen molar-refractivity contribution in [3.63, 3.8) is 0 Å². The highest BCUT2D eigenvalue weighted by Gasteiger charge is 2.00. The molecule has 0 bridgehead atoms. The van der Waals surface area contributed by atoms with Gasteiger partial charge in [-0.05, 0) is 36.1 Å². The van der Waals surface area contributed by atoms with Gasteiger partial charge in [-0.25, -0.2) is 0 Å². The van der Waals surface area contributed by atoms with Crippen LogP contribution in [0.15, 0.2) is 35.7 Å². The van der Waals surface area contributed by atoms with Crippen molar-refractivity contribution in [2.45, 2.75) is 6.42 Å². The molecule has 0 atom stereocenters. The van der Waals surface area contributed by atoms with E-state index in [4.69, 9.17) is 23.2 Å². The molecular formula is C12H11Cl2NS. The van der Waals surface area contributed by atoms with Gasteiger partial charge in [0.1, 0.15) is 0 Å². The van der Waals surface area contributed by atoms with Crippen molar-refractivity contribution in [2.24, 2.45) is 0 Å². The number of nitrogens with one attached hydrogen (secondary N) is 1. The molecule has 0 aliphatic rings. The van der Waals surface area contributed by atoms with E-state index in [0.717, 1.165) is 18.7 Å². The molecule has 1 aromatic heterocycles. The van der Waals surface area contributed by atoms with Gasteiger partial charge in [-0.15, -0.1) is 11.3 Å². The van der Waals surface area contributed by atoms with Crippen LogP contribution in [0.3, 0.4) is 0 Å². The fourth-order valence-corrected chi connectivity index (χ4v) is 2.59. The highest BCUT2D eigenvalue weighted by atomic mass is 35.5. The SMILES string of the molecule is Clc1ccc(NCCc2cccs2)c(Cl)c1. The van der Waals surface area contributed by atoms with Crippen LogP contribution in [0, 0.1) is 0 Å². The number of hydrogen-bond acceptors (Lipinski definition) is 2. The fraction of sp³-hybridized carbons (Fsp3) is 0.167. The number of halogens is 2. The Labute approximate surface area is 109 Å². The first-order valence-electron chi connectivity index (χ1n) is 4.97. The molecule has 1 N–H and O–H groups in total. The summed E-state index contributed by atoms with van der Waals surface area (Å²) in [6, 6.07) is 9.68. The van der Waals surface area contributed by atoms with Crippen LogP contribution in [0.4, 0.5) is 5.69 Å². The molecule has 0 radical (unpaired) electrons. The molecule has 2 aromatic rings. The van der Waals surface area contributed by atoms with E-state index >= 15 is 0 Å². The number of hydrogen-bond donors (Lipinski definition) is 1. The van der Waals surface area contributed by atoms with Crippen molar-refractivity contribution in [1.82, 2.24) is 0 Å². The zero-order valence-electron chi connectivity index (χ0n) is 8.54. The Kier molecular flexibility index (Phi) is 4.10. The van der Waals surface area contributed by atoms with Crippen molar-refractivity contribution in [3.05, 3.63) is 50.6 Å². The number of rotatable bonds is 4. The molecule has 84 valence electrons. The minimum Gasteiger partial charge on any atom is -0.383 e. The largest absolute Gasteiger partial charge is 0.383 e. The van der Waals surface area contributed by atoms with E-state index in [1.807, 2.05) is 12.1 Å². The van der Waals surface area contributed by atoms with E-state index in [1.165, 1.54) is 4.88 Å². The third kappa shape index (κ3) is 3.14. The summed E-state index contributed by atoms with van der Waals surface area (Å²) in [6.07, 6.45) is 1.01. The number of anilines is 1. The minimum absolute atomic E-state index is 0.661. The molecule has 0 saturated carbocycles. The molecule has 0 amide bonds. The Morgan fingerprint density at radius 1 is 1.19 bits per heavy atom. The molecule has 0 spiro atoms. The molecular weight excluding hydrogens is 261 g/mol. The zero-order chi connectivity index (χ0) is 11.4. The average Bonchev–Trinajstić information content (AvgIpc) is 2.74. The first-order valence-corrected chi connectivity index (χ1v) is 6.60. The van der Waals surface area contributed by atoms with Crippen molar-refractivity contribution in [1.29, 1.82) is 0 Å². The lowest BCUT2D eigenvalue weighted by molar-refractivity contribution is 1.04. The van der Waals surface area contributed by atoms with Gasteiger partial charge in [-0.1, -0.05) is 29.3 Å². The Hall–Kier alpha value is -0.700. The quantitative estimate of drug-likeness (QED) is 0.849. The van der Waals surface area contributed by atoms with Gasteiger partial charge in [-0.2, -0.15) is 0 Å². The van der Waals surface area contributed by atoms with Crippen molar-refractivity contribution >= 4 is 40.2 Å². The lowest BCUT2D eigenvalue weighted by Crippen LogP contribution is -2.04. The van der Waals surface area contributed by atoms with E-state index in [2.05, 4.69) is 22.8 Å². The summed E-state index contributed by atoms with van der Waals surface area (Å²) in [5.74, 6) is 0. The van der Waals surface area contributed by atoms with Gasteiger partial charge in [-0.3, -0.25) is 0 Å². The maximum atomic E-state index is 6.05. The van der Waals surface area contributed by atoms with Gasteiger partial charge in [0, 0.05) is 16.4 Å². The Morgan fingerprint density at radius 3 is 2.75 bits per heavy atom. The molecule has 0 fully saturated rings. The van der Waals surface area contributed by atoms with Crippen LogP contribution in [0.25, 0.3) is 0 Å². The third-order valence-corrected chi connectivity index (χ3v) is 3.68. The lowest BCUT2D eigenvalue weighted by Gasteiger charge is -2.07. The summed E-state index contributed by atoms with van der Waals surface area (Å²) in [5, 5.41) is 6.71. The minimum atomic E-state index is 0.661. The summed E-state index contributed by atoms with van der Waals surface area (Å²) in [6.45, 7) is 0.877. The van der Waals surface area contributed by atoms with E-state index in [9.17, 15) is 0 Å². The monoisotopic (exact) mass is 271 g/mol. The summed E-state index contributed by atoms with van der Waals surface area (Å²) in [7, 11) is 0. The van der Waals surface area contributed by atoms with Gasteiger partial charge >= 0.3 is 0 Å². The molecule has 1 nitrogen and oxygen atoms in total. The summed E-state index contributed by atoms with van der Waals surface area (Å²) < 4.78 is 0. The zero-order valence-corrected chi connectivity index (χ0v) is 10.9. The molecule has 4 heteroatoms. The third-order valence-electron chi connectivity index (χ3n) is 2.20. The molecule has 0 aliphatic heterocycles. The average molecular weight is 272 g/mol. The van der Waals surface area contributed by atoms with Gasteiger partial charge in [0.2, 0.25) is 0 Å². The standard InChI is InChI=1S/C12H11Cl2NS/c13-9-3-4-12(11(14)8-9)15-6-5-10-2-1-7-16-10/h1-4,7-8,15H,5-6H2. The first kappa shape index (κ1) is 11.8. The van der Waals surface area contributed by atoms with Gasteiger partial charge in [0.15, 0.2) is 0 Å². The topological polar surface area (TPSA) is 12.0 Å². The molecule has 2 rings (SSSR count). The summed E-state index contributed by atoms with van der Waals surface area (Å²) in [4.78, 5) is 1.37. The Balaban J connectivity index is 1.90. The molecule has 0 unspecified atom stereocenters. The highest BCUT2D eigenvalue weighted by molar-refractivity contribution is 7.09. The van der Waals surface area contributed by atoms with Crippen LogP contribution in [0.2, 0.25) is 10.0 Å². The maximum Gasteiger partial charge on any atom is 0.0652 e. The predicted octanol–water partition coefficient (Wildman–Crippen LogP) is 4.71. The number of thiophene rings is 1. The van der Waals surface area contributed by atoms with E-state index in [1.54, 1.807) is 17.4 Å². The fourth-order valence-electron chi connectivity index (χ4n) is 1.41.